The fraction of sp³-hybridized carbons (Fsp3) is 0.400. The first-order valence-corrected chi connectivity index (χ1v) is 4.24. The molecule has 1 heterocycles. The Morgan fingerprint density at radius 3 is 3.09 bits per heavy atom. The van der Waals surface area contributed by atoms with Gasteiger partial charge in [-0.2, -0.15) is 0 Å². The summed E-state index contributed by atoms with van der Waals surface area (Å²) < 4.78 is 22.0. The predicted molar refractivity (Wildman–Crippen MR) is 39.0 cm³/mol. The van der Waals surface area contributed by atoms with Crippen LogP contribution in [-0.4, -0.2) is 18.3 Å². The molecule has 0 aliphatic carbocycles. The largest absolute Gasteiger partial charge is 0.771 e. The van der Waals surface area contributed by atoms with Gasteiger partial charge in [-0.15, -0.1) is 0 Å². The monoisotopic (exact) mass is 174 g/mol. The van der Waals surface area contributed by atoms with Crippen LogP contribution in [0.4, 0.5) is 0 Å². The maximum Gasteiger partial charge on any atom is 0.123 e. The summed E-state index contributed by atoms with van der Waals surface area (Å²) in [6.07, 6.45) is 3.10. The molecule has 0 bridgehead atoms. The van der Waals surface area contributed by atoms with Crippen LogP contribution in [-0.2, 0) is 23.5 Å². The minimum atomic E-state index is -2.09. The fourth-order valence-corrected chi connectivity index (χ4v) is 1.22. The lowest BCUT2D eigenvalue weighted by atomic mass is 10.6. The van der Waals surface area contributed by atoms with Crippen LogP contribution in [0.3, 0.4) is 0 Å². The van der Waals surface area contributed by atoms with Crippen LogP contribution in [0.1, 0.15) is 5.82 Å². The highest BCUT2D eigenvalue weighted by Crippen LogP contribution is 1.96. The van der Waals surface area contributed by atoms with E-state index in [1.54, 1.807) is 6.20 Å². The summed E-state index contributed by atoms with van der Waals surface area (Å²) in [6, 6.07) is 0. The van der Waals surface area contributed by atoms with Gasteiger partial charge in [-0.3, -0.25) is 4.21 Å². The van der Waals surface area contributed by atoms with Crippen LogP contribution in [0.15, 0.2) is 12.4 Å². The summed E-state index contributed by atoms with van der Waals surface area (Å²) in [5, 5.41) is 0. The molecule has 62 valence electrons. The lowest BCUT2D eigenvalue weighted by Gasteiger charge is -2.07. The van der Waals surface area contributed by atoms with Gasteiger partial charge in [0.1, 0.15) is 5.82 Å². The molecule has 0 aliphatic rings. The Bertz CT molecular complexity index is 260. The number of nitrogens with zero attached hydrogens (tertiary/aromatic N) is 2. The summed E-state index contributed by atoms with van der Waals surface area (Å²) in [6.45, 7) is 0.254. The van der Waals surface area contributed by atoms with E-state index in [1.165, 1.54) is 10.8 Å². The first-order valence-electron chi connectivity index (χ1n) is 3.00. The van der Waals surface area contributed by atoms with Gasteiger partial charge < -0.3 is 14.9 Å². The molecule has 0 fully saturated rings. The highest BCUT2D eigenvalue weighted by atomic mass is 32.2. The average molecular weight is 174 g/mol. The number of nitrogens with two attached hydrogens (primary N) is 1. The van der Waals surface area contributed by atoms with E-state index in [9.17, 15) is 8.76 Å². The van der Waals surface area contributed by atoms with Crippen molar-refractivity contribution in [3.8, 4) is 0 Å². The zero-order valence-electron chi connectivity index (χ0n) is 5.77. The Morgan fingerprint density at radius 2 is 2.55 bits per heavy atom. The number of hydrogen-bond acceptors (Lipinski definition) is 4. The second-order valence-electron chi connectivity index (χ2n) is 1.95. The van der Waals surface area contributed by atoms with Crippen LogP contribution in [0.5, 0.6) is 0 Å². The molecule has 2 N–H and O–H groups in total. The van der Waals surface area contributed by atoms with Gasteiger partial charge in [0, 0.05) is 12.4 Å². The zero-order valence-corrected chi connectivity index (χ0v) is 6.58. The molecule has 0 radical (unpaired) electrons. The van der Waals surface area contributed by atoms with E-state index < -0.39 is 11.1 Å². The van der Waals surface area contributed by atoms with E-state index in [-0.39, 0.29) is 12.4 Å². The highest BCUT2D eigenvalue weighted by Gasteiger charge is 1.98. The summed E-state index contributed by atoms with van der Waals surface area (Å²) in [7, 11) is 0. The SMILES string of the molecule is NCc1nccn1CS(=O)[O-]. The Labute approximate surface area is 66.5 Å². The van der Waals surface area contributed by atoms with Gasteiger partial charge in [0.05, 0.1) is 12.4 Å². The summed E-state index contributed by atoms with van der Waals surface area (Å²) >= 11 is -2.09. The minimum Gasteiger partial charge on any atom is -0.771 e. The minimum absolute atomic E-state index is 0.0769. The quantitative estimate of drug-likeness (QED) is 0.607. The summed E-state index contributed by atoms with van der Waals surface area (Å²) in [4.78, 5) is 3.85. The Morgan fingerprint density at radius 1 is 1.82 bits per heavy atom. The van der Waals surface area contributed by atoms with E-state index >= 15 is 0 Å². The van der Waals surface area contributed by atoms with E-state index in [0.29, 0.717) is 5.82 Å². The van der Waals surface area contributed by atoms with Crippen LogP contribution < -0.4 is 5.73 Å². The average Bonchev–Trinajstić information content (AvgIpc) is 2.34. The van der Waals surface area contributed by atoms with Crippen LogP contribution in [0.25, 0.3) is 0 Å². The highest BCUT2D eigenvalue weighted by molar-refractivity contribution is 7.78. The van der Waals surface area contributed by atoms with E-state index in [4.69, 9.17) is 5.73 Å². The van der Waals surface area contributed by atoms with Gasteiger partial charge in [0.15, 0.2) is 0 Å². The molecule has 1 aromatic heterocycles. The Hall–Kier alpha value is -0.720. The van der Waals surface area contributed by atoms with Gasteiger partial charge in [0.25, 0.3) is 0 Å². The maximum atomic E-state index is 10.2. The molecule has 0 aromatic carbocycles. The van der Waals surface area contributed by atoms with Gasteiger partial charge >= 0.3 is 0 Å². The number of aromatic nitrogens is 2. The van der Waals surface area contributed by atoms with Crippen molar-refractivity contribution in [2.75, 3.05) is 0 Å². The molecule has 11 heavy (non-hydrogen) atoms. The van der Waals surface area contributed by atoms with Crippen molar-refractivity contribution in [3.05, 3.63) is 18.2 Å². The summed E-state index contributed by atoms with van der Waals surface area (Å²) in [5.74, 6) is 0.501. The third-order valence-electron chi connectivity index (χ3n) is 1.23. The lowest BCUT2D eigenvalue weighted by molar-refractivity contribution is 0.524. The van der Waals surface area contributed by atoms with Crippen molar-refractivity contribution < 1.29 is 8.76 Å². The van der Waals surface area contributed by atoms with Gasteiger partial charge in [-0.25, -0.2) is 4.98 Å². The second-order valence-corrected chi connectivity index (χ2v) is 2.82. The van der Waals surface area contributed by atoms with Crippen LogP contribution in [0.2, 0.25) is 0 Å². The molecule has 6 heteroatoms. The third kappa shape index (κ3) is 2.11. The first kappa shape index (κ1) is 8.38. The molecule has 5 nitrogen and oxygen atoms in total. The molecular formula is C5H8N3O2S-. The third-order valence-corrected chi connectivity index (χ3v) is 1.72. The molecule has 1 aromatic rings. The number of hydrogen-bond donors (Lipinski definition) is 1. The molecule has 1 rings (SSSR count). The Kier molecular flexibility index (Phi) is 2.75. The van der Waals surface area contributed by atoms with Crippen LogP contribution >= 0.6 is 0 Å². The molecular weight excluding hydrogens is 166 g/mol. The second kappa shape index (κ2) is 3.61. The molecule has 1 atom stereocenters. The van der Waals surface area contributed by atoms with Gasteiger partial charge in [-0.1, -0.05) is 0 Å². The maximum absolute atomic E-state index is 10.2. The molecule has 0 saturated carbocycles. The molecule has 0 aliphatic heterocycles. The van der Waals surface area contributed by atoms with Gasteiger partial charge in [0.2, 0.25) is 0 Å². The van der Waals surface area contributed by atoms with E-state index in [1.807, 2.05) is 0 Å². The summed E-state index contributed by atoms with van der Waals surface area (Å²) in [5.41, 5.74) is 5.29. The van der Waals surface area contributed by atoms with E-state index in [2.05, 4.69) is 4.98 Å². The number of rotatable bonds is 3. The first-order chi connectivity index (χ1) is 5.24. The van der Waals surface area contributed by atoms with Crippen molar-refractivity contribution in [1.29, 1.82) is 0 Å². The van der Waals surface area contributed by atoms with Crippen molar-refractivity contribution in [2.45, 2.75) is 12.4 Å². The zero-order chi connectivity index (χ0) is 8.27. The predicted octanol–water partition coefficient (Wildman–Crippen LogP) is -0.822. The van der Waals surface area contributed by atoms with Crippen LogP contribution in [0, 0.1) is 0 Å². The Balaban J connectivity index is 2.76. The van der Waals surface area contributed by atoms with Crippen molar-refractivity contribution in [1.82, 2.24) is 9.55 Å². The van der Waals surface area contributed by atoms with Crippen molar-refractivity contribution in [3.63, 3.8) is 0 Å². The van der Waals surface area contributed by atoms with Gasteiger partial charge in [-0.05, 0) is 11.1 Å². The van der Waals surface area contributed by atoms with Crippen molar-refractivity contribution in [2.24, 2.45) is 5.73 Å². The molecule has 0 saturated heterocycles. The molecule has 0 amide bonds. The standard InChI is InChI=1S/C5H9N3O2S/c6-3-5-7-1-2-8(5)4-11(9)10/h1-2H,3-4,6H2,(H,9,10)/p-1. The smallest absolute Gasteiger partial charge is 0.123 e. The lowest BCUT2D eigenvalue weighted by Crippen LogP contribution is -2.10. The van der Waals surface area contributed by atoms with Crippen molar-refractivity contribution >= 4 is 11.1 Å². The topological polar surface area (TPSA) is 84.0 Å². The fourth-order valence-electron chi connectivity index (χ4n) is 0.761. The molecule has 0 spiro atoms. The van der Waals surface area contributed by atoms with E-state index in [0.717, 1.165) is 0 Å². The normalized spacial score (nSPS) is 13.3. The number of imidazole rings is 1. The molecule has 1 unspecified atom stereocenters.